The summed E-state index contributed by atoms with van der Waals surface area (Å²) in [5, 5.41) is 2.94. The highest BCUT2D eigenvalue weighted by atomic mass is 16.7. The Balaban J connectivity index is 1.65. The molecule has 1 aliphatic rings. The maximum Gasteiger partial charge on any atom is 0.256 e. The van der Waals surface area contributed by atoms with Crippen molar-refractivity contribution in [3.8, 4) is 0 Å². The van der Waals surface area contributed by atoms with Gasteiger partial charge in [0.15, 0.2) is 5.79 Å². The first kappa shape index (κ1) is 17.6. The monoisotopic (exact) mass is 339 g/mol. The van der Waals surface area contributed by atoms with E-state index < -0.39 is 11.4 Å². The second-order valence-electron chi connectivity index (χ2n) is 6.91. The van der Waals surface area contributed by atoms with E-state index in [4.69, 9.17) is 9.47 Å². The highest BCUT2D eigenvalue weighted by Gasteiger charge is 2.45. The standard InChI is InChI=1S/C21H25NO3/c1-20(19(23)22-18-12-7-4-8-13-18)14-9-15-21(2,25-20)24-16-17-10-5-3-6-11-17/h3-8,10-13H,9,14-16H2,1-2H3,(H,22,23). The van der Waals surface area contributed by atoms with Gasteiger partial charge in [-0.15, -0.1) is 0 Å². The molecule has 2 atom stereocenters. The molecule has 1 N–H and O–H groups in total. The molecule has 2 aromatic rings. The number of ether oxygens (including phenoxy) is 2. The van der Waals surface area contributed by atoms with Crippen LogP contribution in [0.1, 0.15) is 38.7 Å². The molecule has 2 unspecified atom stereocenters. The number of carbonyl (C=O) groups excluding carboxylic acids is 1. The summed E-state index contributed by atoms with van der Waals surface area (Å²) >= 11 is 0. The Labute approximate surface area is 149 Å². The number of anilines is 1. The summed E-state index contributed by atoms with van der Waals surface area (Å²) in [6.07, 6.45) is 2.33. The molecule has 2 aromatic carbocycles. The third-order valence-electron chi connectivity index (χ3n) is 4.62. The fourth-order valence-electron chi connectivity index (χ4n) is 3.18. The molecule has 1 heterocycles. The van der Waals surface area contributed by atoms with Crippen molar-refractivity contribution >= 4 is 11.6 Å². The van der Waals surface area contributed by atoms with E-state index >= 15 is 0 Å². The van der Waals surface area contributed by atoms with Crippen LogP contribution in [0.2, 0.25) is 0 Å². The number of rotatable bonds is 5. The van der Waals surface area contributed by atoms with E-state index in [1.54, 1.807) is 0 Å². The Kier molecular flexibility index (Phi) is 5.21. The summed E-state index contributed by atoms with van der Waals surface area (Å²) in [5.41, 5.74) is 0.961. The number of nitrogens with one attached hydrogen (secondary N) is 1. The van der Waals surface area contributed by atoms with Gasteiger partial charge in [0, 0.05) is 12.1 Å². The number of benzene rings is 2. The molecule has 3 rings (SSSR count). The van der Waals surface area contributed by atoms with Crippen LogP contribution in [0.15, 0.2) is 60.7 Å². The number of hydrogen-bond acceptors (Lipinski definition) is 3. The van der Waals surface area contributed by atoms with Crippen molar-refractivity contribution in [1.82, 2.24) is 0 Å². The second kappa shape index (κ2) is 7.38. The minimum atomic E-state index is -0.903. The maximum absolute atomic E-state index is 12.8. The molecule has 4 nitrogen and oxygen atoms in total. The summed E-state index contributed by atoms with van der Waals surface area (Å²) in [6, 6.07) is 19.4. The van der Waals surface area contributed by atoms with Gasteiger partial charge in [0.05, 0.1) is 6.61 Å². The summed E-state index contributed by atoms with van der Waals surface area (Å²) in [7, 11) is 0. The highest BCUT2D eigenvalue weighted by molar-refractivity contribution is 5.97. The number of amides is 1. The van der Waals surface area contributed by atoms with Gasteiger partial charge in [0.2, 0.25) is 0 Å². The maximum atomic E-state index is 12.8. The zero-order valence-corrected chi connectivity index (χ0v) is 14.8. The minimum absolute atomic E-state index is 0.132. The van der Waals surface area contributed by atoms with Gasteiger partial charge in [-0.1, -0.05) is 48.5 Å². The van der Waals surface area contributed by atoms with Gasteiger partial charge in [-0.05, 0) is 44.4 Å². The molecule has 132 valence electrons. The molecule has 1 aliphatic heterocycles. The van der Waals surface area contributed by atoms with Gasteiger partial charge in [-0.25, -0.2) is 0 Å². The molecular weight excluding hydrogens is 314 g/mol. The molecule has 0 radical (unpaired) electrons. The Morgan fingerprint density at radius 2 is 1.68 bits per heavy atom. The number of carbonyl (C=O) groups is 1. The number of hydrogen-bond donors (Lipinski definition) is 1. The first-order chi connectivity index (χ1) is 12.0. The normalized spacial score (nSPS) is 26.2. The second-order valence-corrected chi connectivity index (χ2v) is 6.91. The molecule has 0 spiro atoms. The van der Waals surface area contributed by atoms with Crippen LogP contribution >= 0.6 is 0 Å². The predicted molar refractivity (Wildman–Crippen MR) is 98.0 cm³/mol. The van der Waals surface area contributed by atoms with E-state index in [-0.39, 0.29) is 5.91 Å². The minimum Gasteiger partial charge on any atom is -0.346 e. The largest absolute Gasteiger partial charge is 0.346 e. The zero-order valence-electron chi connectivity index (χ0n) is 14.8. The molecule has 25 heavy (non-hydrogen) atoms. The predicted octanol–water partition coefficient (Wildman–Crippen LogP) is 4.52. The fraction of sp³-hybridized carbons (Fsp3) is 0.381. The lowest BCUT2D eigenvalue weighted by molar-refractivity contribution is -0.294. The van der Waals surface area contributed by atoms with Crippen LogP contribution in [0.4, 0.5) is 5.69 Å². The van der Waals surface area contributed by atoms with Crippen molar-refractivity contribution in [2.45, 2.75) is 51.1 Å². The van der Waals surface area contributed by atoms with Gasteiger partial charge in [-0.2, -0.15) is 0 Å². The molecule has 1 amide bonds. The molecule has 1 saturated heterocycles. The lowest BCUT2D eigenvalue weighted by Crippen LogP contribution is -2.53. The first-order valence-corrected chi connectivity index (χ1v) is 8.74. The van der Waals surface area contributed by atoms with Crippen molar-refractivity contribution in [2.75, 3.05) is 5.32 Å². The molecule has 0 aliphatic carbocycles. The first-order valence-electron chi connectivity index (χ1n) is 8.74. The SMILES string of the molecule is CC1(OCc2ccccc2)CCCC(C)(C(=O)Nc2ccccc2)O1. The summed E-state index contributed by atoms with van der Waals surface area (Å²) in [5.74, 6) is -0.899. The summed E-state index contributed by atoms with van der Waals surface area (Å²) < 4.78 is 12.2. The van der Waals surface area contributed by atoms with Crippen LogP contribution in [0, 0.1) is 0 Å². The van der Waals surface area contributed by atoms with Crippen LogP contribution in [-0.2, 0) is 20.9 Å². The molecule has 0 aromatic heterocycles. The number of para-hydroxylation sites is 1. The smallest absolute Gasteiger partial charge is 0.256 e. The average molecular weight is 339 g/mol. The zero-order chi connectivity index (χ0) is 17.8. The van der Waals surface area contributed by atoms with Gasteiger partial charge < -0.3 is 14.8 Å². The molecular formula is C21H25NO3. The lowest BCUT2D eigenvalue weighted by atomic mass is 9.91. The summed E-state index contributed by atoms with van der Waals surface area (Å²) in [6.45, 7) is 4.23. The van der Waals surface area contributed by atoms with E-state index in [2.05, 4.69) is 5.32 Å². The van der Waals surface area contributed by atoms with Crippen LogP contribution in [0.25, 0.3) is 0 Å². The Bertz CT molecular complexity index is 704. The highest BCUT2D eigenvalue weighted by Crippen LogP contribution is 2.37. The van der Waals surface area contributed by atoms with Crippen LogP contribution in [-0.4, -0.2) is 17.3 Å². The van der Waals surface area contributed by atoms with E-state index in [0.717, 1.165) is 24.1 Å². The van der Waals surface area contributed by atoms with Gasteiger partial charge in [0.25, 0.3) is 5.91 Å². The molecule has 1 fully saturated rings. The van der Waals surface area contributed by atoms with Crippen molar-refractivity contribution in [2.24, 2.45) is 0 Å². The van der Waals surface area contributed by atoms with Gasteiger partial charge >= 0.3 is 0 Å². The molecule has 4 heteroatoms. The van der Waals surface area contributed by atoms with E-state index in [1.165, 1.54) is 0 Å². The van der Waals surface area contributed by atoms with Gasteiger partial charge in [-0.3, -0.25) is 4.79 Å². The fourth-order valence-corrected chi connectivity index (χ4v) is 3.18. The Hall–Kier alpha value is -2.17. The summed E-state index contributed by atoms with van der Waals surface area (Å²) in [4.78, 5) is 12.8. The quantitative estimate of drug-likeness (QED) is 0.871. The third-order valence-corrected chi connectivity index (χ3v) is 4.62. The van der Waals surface area contributed by atoms with Crippen LogP contribution in [0.5, 0.6) is 0 Å². The van der Waals surface area contributed by atoms with E-state index in [0.29, 0.717) is 13.0 Å². The van der Waals surface area contributed by atoms with Crippen molar-refractivity contribution in [3.63, 3.8) is 0 Å². The van der Waals surface area contributed by atoms with Crippen molar-refractivity contribution in [3.05, 3.63) is 66.2 Å². The molecule has 0 saturated carbocycles. The Morgan fingerprint density at radius 1 is 1.04 bits per heavy atom. The van der Waals surface area contributed by atoms with Gasteiger partial charge in [0.1, 0.15) is 5.60 Å². The van der Waals surface area contributed by atoms with Crippen LogP contribution < -0.4 is 5.32 Å². The van der Waals surface area contributed by atoms with E-state index in [1.807, 2.05) is 74.5 Å². The third kappa shape index (κ3) is 4.47. The van der Waals surface area contributed by atoms with Crippen molar-refractivity contribution in [1.29, 1.82) is 0 Å². The van der Waals surface area contributed by atoms with Crippen LogP contribution in [0.3, 0.4) is 0 Å². The molecule has 0 bridgehead atoms. The lowest BCUT2D eigenvalue weighted by Gasteiger charge is -2.43. The average Bonchev–Trinajstić information content (AvgIpc) is 2.62. The topological polar surface area (TPSA) is 47.6 Å². The van der Waals surface area contributed by atoms with Crippen molar-refractivity contribution < 1.29 is 14.3 Å². The Morgan fingerprint density at radius 3 is 2.36 bits per heavy atom. The van der Waals surface area contributed by atoms with E-state index in [9.17, 15) is 4.79 Å².